The van der Waals surface area contributed by atoms with Crippen LogP contribution in [0.2, 0.25) is 0 Å². The minimum absolute atomic E-state index is 0. The van der Waals surface area contributed by atoms with Crippen molar-refractivity contribution in [2.45, 2.75) is 33.1 Å². The third kappa shape index (κ3) is 4.66. The van der Waals surface area contributed by atoms with Gasteiger partial charge in [-0.2, -0.15) is 0 Å². The lowest BCUT2D eigenvalue weighted by atomic mass is 9.84. The van der Waals surface area contributed by atoms with Crippen LogP contribution >= 0.6 is 23.7 Å². The fourth-order valence-electron chi connectivity index (χ4n) is 3.20. The average Bonchev–Trinajstić information content (AvgIpc) is 2.87. The maximum atomic E-state index is 12.3. The lowest BCUT2D eigenvalue weighted by Gasteiger charge is -2.27. The van der Waals surface area contributed by atoms with Gasteiger partial charge >= 0.3 is 0 Å². The van der Waals surface area contributed by atoms with Crippen molar-refractivity contribution in [3.63, 3.8) is 0 Å². The number of nitrogens with one attached hydrogen (secondary N) is 2. The van der Waals surface area contributed by atoms with Crippen LogP contribution in [0, 0.1) is 18.8 Å². The Hall–Kier alpha value is -1.17. The zero-order chi connectivity index (χ0) is 15.5. The summed E-state index contributed by atoms with van der Waals surface area (Å²) in [5.74, 6) is 1.22. The van der Waals surface area contributed by atoms with Crippen molar-refractivity contribution in [1.29, 1.82) is 0 Å². The Morgan fingerprint density at radius 2 is 2.17 bits per heavy atom. The van der Waals surface area contributed by atoms with Crippen molar-refractivity contribution in [3.8, 4) is 0 Å². The van der Waals surface area contributed by atoms with Crippen molar-refractivity contribution in [2.75, 3.05) is 18.4 Å². The van der Waals surface area contributed by atoms with E-state index >= 15 is 0 Å². The molecule has 23 heavy (non-hydrogen) atoms. The molecule has 1 saturated heterocycles. The standard InChI is InChI=1S/C17H23N3OS.ClH/c1-11(13-5-7-18-8-6-13)9-17(21)20-14-3-4-15-16(10-14)22-12(2)19-15;/h3-4,10-11,13,18H,5-9H2,1-2H3,(H,20,21);1H. The van der Waals surface area contributed by atoms with Gasteiger partial charge in [0.25, 0.3) is 0 Å². The van der Waals surface area contributed by atoms with Crippen molar-refractivity contribution >= 4 is 45.6 Å². The summed E-state index contributed by atoms with van der Waals surface area (Å²) in [5.41, 5.74) is 1.88. The molecule has 0 saturated carbocycles. The Morgan fingerprint density at radius 1 is 1.43 bits per heavy atom. The molecule has 126 valence electrons. The van der Waals surface area contributed by atoms with Gasteiger partial charge < -0.3 is 10.6 Å². The molecule has 1 aliphatic rings. The molecule has 2 heterocycles. The van der Waals surface area contributed by atoms with Gasteiger partial charge in [0.1, 0.15) is 0 Å². The second-order valence-electron chi connectivity index (χ2n) is 6.23. The van der Waals surface area contributed by atoms with E-state index in [0.717, 1.165) is 34.0 Å². The number of thiazole rings is 1. The Kier molecular flexibility index (Phi) is 6.39. The van der Waals surface area contributed by atoms with Crippen LogP contribution < -0.4 is 10.6 Å². The third-order valence-electron chi connectivity index (χ3n) is 4.48. The smallest absolute Gasteiger partial charge is 0.224 e. The van der Waals surface area contributed by atoms with Gasteiger partial charge in [-0.25, -0.2) is 4.98 Å². The van der Waals surface area contributed by atoms with Crippen molar-refractivity contribution in [2.24, 2.45) is 11.8 Å². The lowest BCUT2D eigenvalue weighted by molar-refractivity contribution is -0.117. The highest BCUT2D eigenvalue weighted by Gasteiger charge is 2.22. The number of benzene rings is 1. The monoisotopic (exact) mass is 353 g/mol. The molecule has 3 rings (SSSR count). The number of piperidine rings is 1. The van der Waals surface area contributed by atoms with Gasteiger partial charge in [-0.15, -0.1) is 23.7 Å². The molecule has 4 nitrogen and oxygen atoms in total. The predicted octanol–water partition coefficient (Wildman–Crippen LogP) is 3.99. The number of carbonyl (C=O) groups excluding carboxylic acids is 1. The molecule has 1 aromatic carbocycles. The maximum Gasteiger partial charge on any atom is 0.224 e. The zero-order valence-corrected chi connectivity index (χ0v) is 15.2. The summed E-state index contributed by atoms with van der Waals surface area (Å²) in [6.07, 6.45) is 2.96. The number of halogens is 1. The number of fused-ring (bicyclic) bond motifs is 1. The Morgan fingerprint density at radius 3 is 2.91 bits per heavy atom. The fraction of sp³-hybridized carbons (Fsp3) is 0.529. The van der Waals surface area contributed by atoms with Gasteiger partial charge in [-0.05, 0) is 62.9 Å². The van der Waals surface area contributed by atoms with Gasteiger partial charge in [0.05, 0.1) is 15.2 Å². The van der Waals surface area contributed by atoms with Crippen LogP contribution in [0.5, 0.6) is 0 Å². The first-order chi connectivity index (χ1) is 10.6. The van der Waals surface area contributed by atoms with E-state index in [2.05, 4.69) is 22.5 Å². The van der Waals surface area contributed by atoms with Gasteiger partial charge in [0.2, 0.25) is 5.91 Å². The second-order valence-corrected chi connectivity index (χ2v) is 7.47. The normalized spacial score (nSPS) is 16.8. The Labute approximate surface area is 147 Å². The number of carbonyl (C=O) groups is 1. The highest BCUT2D eigenvalue weighted by atomic mass is 35.5. The summed E-state index contributed by atoms with van der Waals surface area (Å²) in [7, 11) is 0. The summed E-state index contributed by atoms with van der Waals surface area (Å²) in [4.78, 5) is 16.7. The summed E-state index contributed by atoms with van der Waals surface area (Å²) < 4.78 is 1.13. The summed E-state index contributed by atoms with van der Waals surface area (Å²) in [5, 5.41) is 7.47. The molecule has 2 aromatic rings. The van der Waals surface area contributed by atoms with Crippen LogP contribution in [0.1, 0.15) is 31.2 Å². The van der Waals surface area contributed by atoms with E-state index in [1.54, 1.807) is 11.3 Å². The first-order valence-electron chi connectivity index (χ1n) is 7.99. The van der Waals surface area contributed by atoms with Gasteiger partial charge in [0.15, 0.2) is 0 Å². The van der Waals surface area contributed by atoms with Gasteiger partial charge in [-0.3, -0.25) is 4.79 Å². The minimum Gasteiger partial charge on any atom is -0.326 e. The van der Waals surface area contributed by atoms with E-state index < -0.39 is 0 Å². The summed E-state index contributed by atoms with van der Waals surface area (Å²) >= 11 is 1.66. The van der Waals surface area contributed by atoms with Gasteiger partial charge in [-0.1, -0.05) is 6.92 Å². The maximum absolute atomic E-state index is 12.3. The molecule has 1 amide bonds. The number of aromatic nitrogens is 1. The van der Waals surface area contributed by atoms with Gasteiger partial charge in [0, 0.05) is 12.1 Å². The molecule has 0 aliphatic carbocycles. The first-order valence-corrected chi connectivity index (χ1v) is 8.81. The number of hydrogen-bond donors (Lipinski definition) is 2. The first kappa shape index (κ1) is 18.2. The molecule has 1 aromatic heterocycles. The van der Waals surface area contributed by atoms with E-state index in [1.165, 1.54) is 12.8 Å². The zero-order valence-electron chi connectivity index (χ0n) is 13.6. The Balaban J connectivity index is 0.00000192. The molecule has 1 atom stereocenters. The van der Waals surface area contributed by atoms with Crippen molar-refractivity contribution in [3.05, 3.63) is 23.2 Å². The van der Waals surface area contributed by atoms with E-state index in [0.29, 0.717) is 18.3 Å². The van der Waals surface area contributed by atoms with Crippen LogP contribution in [0.25, 0.3) is 10.2 Å². The second kappa shape index (κ2) is 8.08. The number of amides is 1. The van der Waals surface area contributed by atoms with Crippen LogP contribution in [0.4, 0.5) is 5.69 Å². The number of aryl methyl sites for hydroxylation is 1. The number of nitrogens with zero attached hydrogens (tertiary/aromatic N) is 1. The van der Waals surface area contributed by atoms with Crippen LogP contribution in [-0.4, -0.2) is 24.0 Å². The molecular weight excluding hydrogens is 330 g/mol. The largest absolute Gasteiger partial charge is 0.326 e. The lowest BCUT2D eigenvalue weighted by Crippen LogP contribution is -2.32. The topological polar surface area (TPSA) is 54.0 Å². The molecule has 6 heteroatoms. The molecular formula is C17H24ClN3OS. The predicted molar refractivity (Wildman–Crippen MR) is 99.6 cm³/mol. The molecule has 0 radical (unpaired) electrons. The van der Waals surface area contributed by atoms with E-state index in [-0.39, 0.29) is 18.3 Å². The summed E-state index contributed by atoms with van der Waals surface area (Å²) in [6.45, 7) is 6.37. The average molecular weight is 354 g/mol. The molecule has 0 bridgehead atoms. The highest BCUT2D eigenvalue weighted by molar-refractivity contribution is 7.18. The minimum atomic E-state index is 0. The molecule has 1 fully saturated rings. The molecule has 2 N–H and O–H groups in total. The molecule has 1 unspecified atom stereocenters. The number of anilines is 1. The fourth-order valence-corrected chi connectivity index (χ4v) is 4.07. The number of rotatable bonds is 4. The summed E-state index contributed by atoms with van der Waals surface area (Å²) in [6, 6.07) is 5.94. The quantitative estimate of drug-likeness (QED) is 0.873. The molecule has 0 spiro atoms. The number of hydrogen-bond acceptors (Lipinski definition) is 4. The van der Waals surface area contributed by atoms with Crippen molar-refractivity contribution in [1.82, 2.24) is 10.3 Å². The SMILES string of the molecule is Cc1nc2ccc(NC(=O)CC(C)C3CCNCC3)cc2s1.Cl. The van der Waals surface area contributed by atoms with E-state index in [1.807, 2.05) is 25.1 Å². The molecule has 1 aliphatic heterocycles. The van der Waals surface area contributed by atoms with Crippen LogP contribution in [0.3, 0.4) is 0 Å². The Bertz CT molecular complexity index is 667. The van der Waals surface area contributed by atoms with Crippen LogP contribution in [-0.2, 0) is 4.79 Å². The van der Waals surface area contributed by atoms with E-state index in [9.17, 15) is 4.79 Å². The highest BCUT2D eigenvalue weighted by Crippen LogP contribution is 2.27. The third-order valence-corrected chi connectivity index (χ3v) is 5.41. The van der Waals surface area contributed by atoms with E-state index in [4.69, 9.17) is 0 Å². The van der Waals surface area contributed by atoms with Crippen molar-refractivity contribution < 1.29 is 4.79 Å². The van der Waals surface area contributed by atoms with Crippen LogP contribution in [0.15, 0.2) is 18.2 Å².